The van der Waals surface area contributed by atoms with Crippen LogP contribution in [0.25, 0.3) is 0 Å². The van der Waals surface area contributed by atoms with Crippen LogP contribution in [0, 0.1) is 10.1 Å². The lowest BCUT2D eigenvalue weighted by Crippen LogP contribution is -2.27. The standard InChI is InChI=1S/C12H17N3O4/c1-13-6-7-14(2)10-5-4-9(12(16)19-3)8-11(10)15(17)18/h4-5,8,13H,6-7H2,1-3H3. The monoisotopic (exact) mass is 267 g/mol. The normalized spacial score (nSPS) is 10.1. The topological polar surface area (TPSA) is 84.7 Å². The molecule has 1 rings (SSSR count). The van der Waals surface area contributed by atoms with E-state index in [2.05, 4.69) is 10.1 Å². The molecule has 0 aromatic heterocycles. The van der Waals surface area contributed by atoms with Crippen LogP contribution in [-0.2, 0) is 4.74 Å². The number of rotatable bonds is 6. The zero-order valence-electron chi connectivity index (χ0n) is 11.2. The van der Waals surface area contributed by atoms with E-state index in [0.717, 1.165) is 0 Å². The predicted molar refractivity (Wildman–Crippen MR) is 71.6 cm³/mol. The summed E-state index contributed by atoms with van der Waals surface area (Å²) in [6.45, 7) is 1.32. The minimum Gasteiger partial charge on any atom is -0.465 e. The van der Waals surface area contributed by atoms with Crippen LogP contribution in [0.3, 0.4) is 0 Å². The third-order valence-electron chi connectivity index (χ3n) is 2.70. The molecule has 0 bridgehead atoms. The van der Waals surface area contributed by atoms with E-state index in [0.29, 0.717) is 18.8 Å². The fourth-order valence-electron chi connectivity index (χ4n) is 1.64. The smallest absolute Gasteiger partial charge is 0.338 e. The lowest BCUT2D eigenvalue weighted by Gasteiger charge is -2.19. The average Bonchev–Trinajstić information content (AvgIpc) is 2.43. The number of carbonyl (C=O) groups excluding carboxylic acids is 1. The van der Waals surface area contributed by atoms with E-state index in [4.69, 9.17) is 0 Å². The Kier molecular flexibility index (Phi) is 5.25. The van der Waals surface area contributed by atoms with Crippen molar-refractivity contribution in [3.05, 3.63) is 33.9 Å². The van der Waals surface area contributed by atoms with Gasteiger partial charge in [0.25, 0.3) is 5.69 Å². The van der Waals surface area contributed by atoms with Gasteiger partial charge >= 0.3 is 5.97 Å². The van der Waals surface area contributed by atoms with E-state index >= 15 is 0 Å². The fourth-order valence-corrected chi connectivity index (χ4v) is 1.64. The molecule has 0 spiro atoms. The zero-order valence-corrected chi connectivity index (χ0v) is 11.2. The number of methoxy groups -OCH3 is 1. The molecule has 0 heterocycles. The van der Waals surface area contributed by atoms with Crippen LogP contribution in [0.1, 0.15) is 10.4 Å². The maximum Gasteiger partial charge on any atom is 0.338 e. The average molecular weight is 267 g/mol. The summed E-state index contributed by atoms with van der Waals surface area (Å²) in [6, 6.07) is 4.31. The highest BCUT2D eigenvalue weighted by Crippen LogP contribution is 2.28. The van der Waals surface area contributed by atoms with Crippen LogP contribution in [0.15, 0.2) is 18.2 Å². The minimum absolute atomic E-state index is 0.110. The number of nitrogens with one attached hydrogen (secondary N) is 1. The van der Waals surface area contributed by atoms with Gasteiger partial charge in [-0.1, -0.05) is 0 Å². The van der Waals surface area contributed by atoms with Crippen molar-refractivity contribution < 1.29 is 14.5 Å². The summed E-state index contributed by atoms with van der Waals surface area (Å²) in [7, 11) is 4.81. The number of anilines is 1. The SMILES string of the molecule is CNCCN(C)c1ccc(C(=O)OC)cc1[N+](=O)[O-]. The van der Waals surface area contributed by atoms with Gasteiger partial charge < -0.3 is 15.0 Å². The highest BCUT2D eigenvalue weighted by Gasteiger charge is 2.20. The van der Waals surface area contributed by atoms with Gasteiger partial charge in [0.2, 0.25) is 0 Å². The first kappa shape index (κ1) is 14.9. The van der Waals surface area contributed by atoms with Crippen molar-refractivity contribution in [1.82, 2.24) is 5.32 Å². The van der Waals surface area contributed by atoms with Gasteiger partial charge in [-0.15, -0.1) is 0 Å². The molecule has 19 heavy (non-hydrogen) atoms. The fraction of sp³-hybridized carbons (Fsp3) is 0.417. The Morgan fingerprint density at radius 2 is 2.21 bits per heavy atom. The van der Waals surface area contributed by atoms with Crippen LogP contribution >= 0.6 is 0 Å². The third kappa shape index (κ3) is 3.65. The number of benzene rings is 1. The molecule has 7 heteroatoms. The van der Waals surface area contributed by atoms with Crippen LogP contribution in [0.4, 0.5) is 11.4 Å². The molecule has 0 amide bonds. The molecule has 0 saturated carbocycles. The Morgan fingerprint density at radius 1 is 1.53 bits per heavy atom. The molecular weight excluding hydrogens is 250 g/mol. The van der Waals surface area contributed by atoms with Crippen molar-refractivity contribution in [2.75, 3.05) is 39.2 Å². The number of hydrogen-bond donors (Lipinski definition) is 1. The quantitative estimate of drug-likeness (QED) is 0.471. The summed E-state index contributed by atoms with van der Waals surface area (Å²) in [6.07, 6.45) is 0. The number of nitro groups is 1. The summed E-state index contributed by atoms with van der Waals surface area (Å²) >= 11 is 0. The van der Waals surface area contributed by atoms with Gasteiger partial charge in [-0.2, -0.15) is 0 Å². The van der Waals surface area contributed by atoms with E-state index in [-0.39, 0.29) is 11.3 Å². The molecule has 0 aliphatic heterocycles. The zero-order chi connectivity index (χ0) is 14.4. The van der Waals surface area contributed by atoms with E-state index in [1.165, 1.54) is 19.2 Å². The number of nitro benzene ring substituents is 1. The van der Waals surface area contributed by atoms with Crippen molar-refractivity contribution in [2.45, 2.75) is 0 Å². The maximum atomic E-state index is 11.4. The molecule has 0 fully saturated rings. The Balaban J connectivity index is 3.11. The summed E-state index contributed by atoms with van der Waals surface area (Å²) in [5, 5.41) is 14.0. The van der Waals surface area contributed by atoms with Gasteiger partial charge in [-0.05, 0) is 19.2 Å². The van der Waals surface area contributed by atoms with Crippen LogP contribution in [0.2, 0.25) is 0 Å². The second kappa shape index (κ2) is 6.69. The predicted octanol–water partition coefficient (Wildman–Crippen LogP) is 1.04. The van der Waals surface area contributed by atoms with Gasteiger partial charge in [-0.25, -0.2) is 4.79 Å². The highest BCUT2D eigenvalue weighted by atomic mass is 16.6. The number of carbonyl (C=O) groups is 1. The maximum absolute atomic E-state index is 11.4. The van der Waals surface area contributed by atoms with Crippen molar-refractivity contribution in [1.29, 1.82) is 0 Å². The van der Waals surface area contributed by atoms with Crippen LogP contribution < -0.4 is 10.2 Å². The number of nitrogens with zero attached hydrogens (tertiary/aromatic N) is 2. The van der Waals surface area contributed by atoms with Gasteiger partial charge in [0.1, 0.15) is 5.69 Å². The Morgan fingerprint density at radius 3 is 2.74 bits per heavy atom. The highest BCUT2D eigenvalue weighted by molar-refractivity contribution is 5.91. The van der Waals surface area contributed by atoms with Crippen molar-refractivity contribution >= 4 is 17.3 Å². The third-order valence-corrected chi connectivity index (χ3v) is 2.70. The molecule has 104 valence electrons. The Bertz CT molecular complexity index is 476. The molecule has 0 atom stereocenters. The first-order valence-corrected chi connectivity index (χ1v) is 5.73. The molecule has 1 N–H and O–H groups in total. The molecule has 0 saturated heterocycles. The van der Waals surface area contributed by atoms with E-state index in [1.54, 1.807) is 18.0 Å². The number of esters is 1. The van der Waals surface area contributed by atoms with Gasteiger partial charge in [0.05, 0.1) is 17.6 Å². The molecule has 0 aliphatic carbocycles. The van der Waals surface area contributed by atoms with Crippen LogP contribution in [0.5, 0.6) is 0 Å². The van der Waals surface area contributed by atoms with E-state index in [9.17, 15) is 14.9 Å². The summed E-state index contributed by atoms with van der Waals surface area (Å²) < 4.78 is 4.55. The number of likely N-dealkylation sites (N-methyl/N-ethyl adjacent to an activating group) is 2. The van der Waals surface area contributed by atoms with Crippen molar-refractivity contribution in [3.8, 4) is 0 Å². The lowest BCUT2D eigenvalue weighted by atomic mass is 10.1. The molecule has 1 aromatic rings. The summed E-state index contributed by atoms with van der Waals surface area (Å²) in [5.41, 5.74) is 0.523. The molecule has 0 aliphatic rings. The molecule has 0 radical (unpaired) electrons. The summed E-state index contributed by atoms with van der Waals surface area (Å²) in [4.78, 5) is 23.7. The molecule has 0 unspecified atom stereocenters. The summed E-state index contributed by atoms with van der Waals surface area (Å²) in [5.74, 6) is -0.590. The van der Waals surface area contributed by atoms with Crippen molar-refractivity contribution in [2.24, 2.45) is 0 Å². The Labute approximate surface area is 111 Å². The first-order chi connectivity index (χ1) is 9.01. The lowest BCUT2D eigenvalue weighted by molar-refractivity contribution is -0.384. The minimum atomic E-state index is -0.590. The second-order valence-electron chi connectivity index (χ2n) is 3.98. The van der Waals surface area contributed by atoms with Gasteiger partial charge in [0.15, 0.2) is 0 Å². The number of hydrogen-bond acceptors (Lipinski definition) is 6. The second-order valence-corrected chi connectivity index (χ2v) is 3.98. The molecule has 7 nitrogen and oxygen atoms in total. The first-order valence-electron chi connectivity index (χ1n) is 5.73. The van der Waals surface area contributed by atoms with Gasteiger partial charge in [0, 0.05) is 26.2 Å². The van der Waals surface area contributed by atoms with Crippen LogP contribution in [-0.4, -0.2) is 45.2 Å². The number of ether oxygens (including phenoxy) is 1. The van der Waals surface area contributed by atoms with Gasteiger partial charge in [-0.3, -0.25) is 10.1 Å². The molecular formula is C12H17N3O4. The Hall–Kier alpha value is -2.15. The van der Waals surface area contributed by atoms with Crippen molar-refractivity contribution in [3.63, 3.8) is 0 Å². The van der Waals surface area contributed by atoms with E-state index in [1.807, 2.05) is 7.05 Å². The van der Waals surface area contributed by atoms with E-state index < -0.39 is 10.9 Å². The largest absolute Gasteiger partial charge is 0.465 e. The molecule has 1 aromatic carbocycles.